The van der Waals surface area contributed by atoms with Crippen LogP contribution < -0.4 is 10.6 Å². The highest BCUT2D eigenvalue weighted by Gasteiger charge is 2.39. The molecule has 32 heavy (non-hydrogen) atoms. The molecule has 3 aromatic rings. The summed E-state index contributed by atoms with van der Waals surface area (Å²) in [5.41, 5.74) is 3.80. The Morgan fingerprint density at radius 1 is 1.25 bits per heavy atom. The van der Waals surface area contributed by atoms with Gasteiger partial charge in [0.15, 0.2) is 0 Å². The molecule has 1 atom stereocenters. The number of pyridine rings is 1. The van der Waals surface area contributed by atoms with Crippen LogP contribution in [0.1, 0.15) is 51.7 Å². The van der Waals surface area contributed by atoms with E-state index in [9.17, 15) is 19.2 Å². The molecule has 1 unspecified atom stereocenters. The predicted molar refractivity (Wildman–Crippen MR) is 116 cm³/mol. The fraction of sp³-hybridized carbons (Fsp3) is 0.261. The number of carbonyl (C=O) groups is 4. The minimum atomic E-state index is -0.670. The van der Waals surface area contributed by atoms with Crippen LogP contribution in [0, 0.1) is 0 Å². The van der Waals surface area contributed by atoms with Gasteiger partial charge in [-0.25, -0.2) is 4.98 Å². The van der Waals surface area contributed by atoms with Gasteiger partial charge in [-0.15, -0.1) is 0 Å². The van der Waals surface area contributed by atoms with Gasteiger partial charge in [0.25, 0.3) is 11.8 Å². The number of H-pyrrole nitrogens is 1. The second-order valence-electron chi connectivity index (χ2n) is 7.96. The molecular weight excluding hydrogens is 410 g/mol. The molecule has 0 saturated carbocycles. The monoisotopic (exact) mass is 431 g/mol. The maximum absolute atomic E-state index is 13.0. The molecule has 2 aliphatic rings. The minimum absolute atomic E-state index is 0.205. The molecule has 0 radical (unpaired) electrons. The number of rotatable bonds is 4. The van der Waals surface area contributed by atoms with Crippen LogP contribution in [0.2, 0.25) is 0 Å². The fourth-order valence-corrected chi connectivity index (χ4v) is 4.48. The number of imide groups is 1. The van der Waals surface area contributed by atoms with Gasteiger partial charge >= 0.3 is 0 Å². The minimum Gasteiger partial charge on any atom is -0.335 e. The summed E-state index contributed by atoms with van der Waals surface area (Å²) in [7, 11) is 0. The van der Waals surface area contributed by atoms with Gasteiger partial charge in [0.1, 0.15) is 17.4 Å². The van der Waals surface area contributed by atoms with Crippen molar-refractivity contribution < 1.29 is 19.2 Å². The highest BCUT2D eigenvalue weighted by molar-refractivity contribution is 6.08. The lowest BCUT2D eigenvalue weighted by Gasteiger charge is -2.29. The van der Waals surface area contributed by atoms with Crippen molar-refractivity contribution in [3.05, 3.63) is 58.9 Å². The Labute approximate surface area is 183 Å². The number of nitrogens with one attached hydrogen (secondary N) is 3. The lowest BCUT2D eigenvalue weighted by atomic mass is 10.0. The number of aromatic nitrogens is 2. The van der Waals surface area contributed by atoms with Crippen LogP contribution in [0.25, 0.3) is 11.0 Å². The highest BCUT2D eigenvalue weighted by Crippen LogP contribution is 2.30. The maximum Gasteiger partial charge on any atom is 0.272 e. The molecule has 2 aliphatic heterocycles. The molecule has 5 rings (SSSR count). The van der Waals surface area contributed by atoms with Gasteiger partial charge in [-0.1, -0.05) is 6.92 Å². The van der Waals surface area contributed by atoms with Crippen LogP contribution in [-0.4, -0.2) is 44.5 Å². The smallest absolute Gasteiger partial charge is 0.272 e. The first-order valence-electron chi connectivity index (χ1n) is 10.5. The van der Waals surface area contributed by atoms with Crippen LogP contribution >= 0.6 is 0 Å². The predicted octanol–water partition coefficient (Wildman–Crippen LogP) is 2.14. The molecule has 9 nitrogen and oxygen atoms in total. The molecule has 3 N–H and O–H groups in total. The summed E-state index contributed by atoms with van der Waals surface area (Å²) in [6.07, 6.45) is 2.86. The van der Waals surface area contributed by atoms with E-state index in [1.54, 1.807) is 24.4 Å². The van der Waals surface area contributed by atoms with Crippen LogP contribution in [0.3, 0.4) is 0 Å². The van der Waals surface area contributed by atoms with E-state index in [1.165, 1.54) is 4.90 Å². The third kappa shape index (κ3) is 3.22. The molecule has 4 amide bonds. The topological polar surface area (TPSA) is 124 Å². The van der Waals surface area contributed by atoms with E-state index in [0.717, 1.165) is 16.5 Å². The lowest BCUT2D eigenvalue weighted by Crippen LogP contribution is -2.52. The van der Waals surface area contributed by atoms with Crippen molar-refractivity contribution in [1.29, 1.82) is 0 Å². The number of anilines is 1. The number of fused-ring (bicyclic) bond motifs is 2. The van der Waals surface area contributed by atoms with Crippen molar-refractivity contribution in [2.24, 2.45) is 0 Å². The Morgan fingerprint density at radius 3 is 2.88 bits per heavy atom. The molecule has 1 saturated heterocycles. The Balaban J connectivity index is 1.37. The maximum atomic E-state index is 13.0. The molecule has 0 aliphatic carbocycles. The first-order chi connectivity index (χ1) is 15.5. The molecule has 0 spiro atoms. The van der Waals surface area contributed by atoms with E-state index in [4.69, 9.17) is 0 Å². The molecule has 162 valence electrons. The highest BCUT2D eigenvalue weighted by atomic mass is 16.2. The summed E-state index contributed by atoms with van der Waals surface area (Å²) in [6.45, 7) is 2.23. The third-order valence-electron chi connectivity index (χ3n) is 6.04. The molecular formula is C23H21N5O4. The SMILES string of the molecule is CCc1c(C(=O)Nc2ccc3c(c2)CN(C2CCC(=O)NC2=O)C3=O)[nH]c2ncccc12. The molecule has 4 heterocycles. The van der Waals surface area contributed by atoms with Crippen molar-refractivity contribution in [3.63, 3.8) is 0 Å². The average molecular weight is 431 g/mol. The molecule has 2 aromatic heterocycles. The van der Waals surface area contributed by atoms with Crippen LogP contribution in [-0.2, 0) is 22.6 Å². The number of benzene rings is 1. The standard InChI is InChI=1S/C23H21N5O4/c1-2-14-16-4-3-9-24-20(16)27-19(14)22(31)25-13-5-6-15-12(10-13)11-28(23(15)32)17-7-8-18(29)26-21(17)30/h3-6,9-10,17H,2,7-8,11H2,1H3,(H,24,27)(H,25,31)(H,26,29,30). The normalized spacial score (nSPS) is 18.1. The van der Waals surface area contributed by atoms with E-state index in [-0.39, 0.29) is 30.7 Å². The summed E-state index contributed by atoms with van der Waals surface area (Å²) in [5.74, 6) is -1.30. The van der Waals surface area contributed by atoms with E-state index in [0.29, 0.717) is 35.4 Å². The fourth-order valence-electron chi connectivity index (χ4n) is 4.48. The number of hydrogen-bond donors (Lipinski definition) is 3. The number of carbonyl (C=O) groups excluding carboxylic acids is 4. The Hall–Kier alpha value is -4.01. The number of hydrogen-bond acceptors (Lipinski definition) is 5. The number of aromatic amines is 1. The zero-order chi connectivity index (χ0) is 22.4. The van der Waals surface area contributed by atoms with Crippen molar-refractivity contribution in [2.45, 2.75) is 38.8 Å². The van der Waals surface area contributed by atoms with Crippen molar-refractivity contribution in [3.8, 4) is 0 Å². The second kappa shape index (κ2) is 7.60. The average Bonchev–Trinajstić information content (AvgIpc) is 3.31. The Morgan fingerprint density at radius 2 is 2.09 bits per heavy atom. The first-order valence-corrected chi connectivity index (χ1v) is 10.5. The van der Waals surface area contributed by atoms with Gasteiger partial charge in [0, 0.05) is 35.8 Å². The summed E-state index contributed by atoms with van der Waals surface area (Å²) in [4.78, 5) is 58.3. The zero-order valence-electron chi connectivity index (χ0n) is 17.4. The van der Waals surface area contributed by atoms with Crippen molar-refractivity contribution >= 4 is 40.3 Å². The van der Waals surface area contributed by atoms with Gasteiger partial charge in [0.2, 0.25) is 11.8 Å². The Kier molecular flexibility index (Phi) is 4.73. The van der Waals surface area contributed by atoms with Gasteiger partial charge in [-0.2, -0.15) is 0 Å². The van der Waals surface area contributed by atoms with Gasteiger partial charge in [-0.3, -0.25) is 24.5 Å². The van der Waals surface area contributed by atoms with E-state index in [2.05, 4.69) is 20.6 Å². The van der Waals surface area contributed by atoms with E-state index >= 15 is 0 Å². The number of amides is 4. The second-order valence-corrected chi connectivity index (χ2v) is 7.96. The lowest BCUT2D eigenvalue weighted by molar-refractivity contribution is -0.136. The number of piperidine rings is 1. The van der Waals surface area contributed by atoms with E-state index < -0.39 is 11.9 Å². The molecule has 0 bridgehead atoms. The molecule has 9 heteroatoms. The number of aryl methyl sites for hydroxylation is 1. The first kappa shape index (κ1) is 19.9. The largest absolute Gasteiger partial charge is 0.335 e. The Bertz CT molecular complexity index is 1290. The van der Waals surface area contributed by atoms with Crippen LogP contribution in [0.4, 0.5) is 5.69 Å². The summed E-state index contributed by atoms with van der Waals surface area (Å²) in [6, 6.07) is 8.18. The molecule has 1 aromatic carbocycles. The van der Waals surface area contributed by atoms with Crippen LogP contribution in [0.5, 0.6) is 0 Å². The summed E-state index contributed by atoms with van der Waals surface area (Å²) >= 11 is 0. The summed E-state index contributed by atoms with van der Waals surface area (Å²) in [5, 5.41) is 6.11. The van der Waals surface area contributed by atoms with Crippen molar-refractivity contribution in [2.75, 3.05) is 5.32 Å². The van der Waals surface area contributed by atoms with Gasteiger partial charge in [0.05, 0.1) is 0 Å². The van der Waals surface area contributed by atoms with Gasteiger partial charge < -0.3 is 15.2 Å². The quantitative estimate of drug-likeness (QED) is 0.546. The number of nitrogens with zero attached hydrogens (tertiary/aromatic N) is 2. The van der Waals surface area contributed by atoms with Crippen LogP contribution in [0.15, 0.2) is 36.5 Å². The van der Waals surface area contributed by atoms with Gasteiger partial charge in [-0.05, 0) is 54.3 Å². The summed E-state index contributed by atoms with van der Waals surface area (Å²) < 4.78 is 0. The molecule has 1 fully saturated rings. The van der Waals surface area contributed by atoms with E-state index in [1.807, 2.05) is 19.1 Å². The van der Waals surface area contributed by atoms with Crippen molar-refractivity contribution in [1.82, 2.24) is 20.2 Å². The third-order valence-corrected chi connectivity index (χ3v) is 6.04. The zero-order valence-corrected chi connectivity index (χ0v) is 17.4.